The number of fused-ring (bicyclic) bond motifs is 1. The van der Waals surface area contributed by atoms with Crippen molar-refractivity contribution in [2.75, 3.05) is 11.4 Å². The molecule has 1 unspecified atom stereocenters. The number of nitro groups is 1. The minimum atomic E-state index is -4.52. The van der Waals surface area contributed by atoms with Crippen molar-refractivity contribution < 1.29 is 22.9 Å². The Kier molecular flexibility index (Phi) is 5.13. The van der Waals surface area contributed by atoms with Crippen LogP contribution in [0.4, 0.5) is 24.5 Å². The van der Waals surface area contributed by atoms with E-state index in [0.29, 0.717) is 11.3 Å². The second kappa shape index (κ2) is 7.22. The number of hydrogen-bond acceptors (Lipinski definition) is 5. The molecule has 0 spiro atoms. The maximum Gasteiger partial charge on any atom is 0.416 e. The van der Waals surface area contributed by atoms with Gasteiger partial charge < -0.3 is 4.90 Å². The van der Waals surface area contributed by atoms with Crippen molar-refractivity contribution in [1.82, 2.24) is 9.78 Å². The first kappa shape index (κ1) is 19.2. The van der Waals surface area contributed by atoms with Crippen LogP contribution in [0.5, 0.6) is 0 Å². The number of hydrogen-bond donors (Lipinski definition) is 0. The van der Waals surface area contributed by atoms with Crippen molar-refractivity contribution in [3.8, 4) is 0 Å². The summed E-state index contributed by atoms with van der Waals surface area (Å²) < 4.78 is 40.4. The Hall–Kier alpha value is -2.56. The molecule has 0 radical (unpaired) electrons. The number of nitrogens with zero attached hydrogens (tertiary/aromatic N) is 4. The Morgan fingerprint density at radius 2 is 2.19 bits per heavy atom. The lowest BCUT2D eigenvalue weighted by Gasteiger charge is -2.23. The molecule has 7 nitrogen and oxygen atoms in total. The normalized spacial score (nSPS) is 17.3. The highest BCUT2D eigenvalue weighted by Crippen LogP contribution is 2.41. The molecule has 1 aliphatic heterocycles. The quantitative estimate of drug-likeness (QED) is 0.579. The summed E-state index contributed by atoms with van der Waals surface area (Å²) in [4.78, 5) is 24.7. The van der Waals surface area contributed by atoms with Crippen LogP contribution >= 0.6 is 11.8 Å². The number of rotatable bonds is 3. The van der Waals surface area contributed by atoms with Gasteiger partial charge in [0.15, 0.2) is 0 Å². The molecule has 27 heavy (non-hydrogen) atoms. The topological polar surface area (TPSA) is 81.3 Å². The third kappa shape index (κ3) is 4.24. The minimum Gasteiger partial charge on any atom is -0.310 e. The number of alkyl halides is 3. The first-order valence-electron chi connectivity index (χ1n) is 8.00. The summed E-state index contributed by atoms with van der Waals surface area (Å²) >= 11 is 1.41. The highest BCUT2D eigenvalue weighted by atomic mass is 32.2. The van der Waals surface area contributed by atoms with Gasteiger partial charge in [-0.15, -0.1) is 11.8 Å². The van der Waals surface area contributed by atoms with Gasteiger partial charge in [0.25, 0.3) is 0 Å². The number of thioether (sulfide) groups is 1. The lowest BCUT2D eigenvalue weighted by molar-refractivity contribution is -0.385. The van der Waals surface area contributed by atoms with Gasteiger partial charge in [-0.3, -0.25) is 19.6 Å². The number of benzene rings is 1. The molecule has 0 N–H and O–H groups in total. The Bertz CT molecular complexity index is 884. The van der Waals surface area contributed by atoms with E-state index in [9.17, 15) is 28.1 Å². The van der Waals surface area contributed by atoms with Crippen molar-refractivity contribution in [2.45, 2.75) is 36.2 Å². The molecule has 1 aromatic carbocycles. The summed E-state index contributed by atoms with van der Waals surface area (Å²) in [5, 5.41) is 14.6. The maximum atomic E-state index is 13.1. The van der Waals surface area contributed by atoms with Crippen LogP contribution in [-0.4, -0.2) is 32.4 Å². The fourth-order valence-electron chi connectivity index (χ4n) is 2.73. The zero-order chi connectivity index (χ0) is 19.8. The average molecular weight is 400 g/mol. The van der Waals surface area contributed by atoms with Gasteiger partial charge in [-0.2, -0.15) is 18.3 Å². The number of amides is 1. The fourth-order valence-corrected chi connectivity index (χ4v) is 3.82. The molecule has 11 heteroatoms. The van der Waals surface area contributed by atoms with E-state index < -0.39 is 22.6 Å². The summed E-state index contributed by atoms with van der Waals surface area (Å²) in [6.07, 6.45) is -1.79. The van der Waals surface area contributed by atoms with E-state index in [4.69, 9.17) is 0 Å². The molecule has 0 fully saturated rings. The van der Waals surface area contributed by atoms with E-state index in [1.165, 1.54) is 22.7 Å². The van der Waals surface area contributed by atoms with Crippen LogP contribution in [0.2, 0.25) is 0 Å². The van der Waals surface area contributed by atoms with Gasteiger partial charge in [-0.05, 0) is 24.6 Å². The van der Waals surface area contributed by atoms with Crippen molar-refractivity contribution in [3.05, 3.63) is 46.3 Å². The summed E-state index contributed by atoms with van der Waals surface area (Å²) in [6, 6.07) is 3.36. The van der Waals surface area contributed by atoms with Gasteiger partial charge >= 0.3 is 11.9 Å². The highest BCUT2D eigenvalue weighted by molar-refractivity contribution is 8.00. The van der Waals surface area contributed by atoms with E-state index in [1.54, 1.807) is 0 Å². The molecule has 0 aliphatic carbocycles. The van der Waals surface area contributed by atoms with Crippen LogP contribution in [-0.2, 0) is 17.5 Å². The van der Waals surface area contributed by atoms with E-state index in [2.05, 4.69) is 5.10 Å². The second-order valence-corrected chi connectivity index (χ2v) is 7.58. The molecule has 1 aromatic heterocycles. The third-order valence-corrected chi connectivity index (χ3v) is 5.33. The predicted molar refractivity (Wildman–Crippen MR) is 92.6 cm³/mol. The lowest BCUT2D eigenvalue weighted by Crippen LogP contribution is -2.35. The van der Waals surface area contributed by atoms with Crippen LogP contribution in [0, 0.1) is 10.1 Å². The number of carbonyl (C=O) groups is 1. The fraction of sp³-hybridized carbons (Fsp3) is 0.375. The van der Waals surface area contributed by atoms with Gasteiger partial charge in [-0.1, -0.05) is 6.92 Å². The van der Waals surface area contributed by atoms with E-state index in [0.717, 1.165) is 29.2 Å². The first-order valence-corrected chi connectivity index (χ1v) is 8.88. The number of halogens is 3. The average Bonchev–Trinajstić information content (AvgIpc) is 2.96. The van der Waals surface area contributed by atoms with E-state index >= 15 is 0 Å². The molecule has 144 valence electrons. The van der Waals surface area contributed by atoms with E-state index in [-0.39, 0.29) is 29.7 Å². The van der Waals surface area contributed by atoms with Crippen LogP contribution in [0.1, 0.15) is 18.9 Å². The minimum absolute atomic E-state index is 0.129. The monoisotopic (exact) mass is 400 g/mol. The van der Waals surface area contributed by atoms with Crippen LogP contribution in [0.25, 0.3) is 0 Å². The first-order chi connectivity index (χ1) is 12.6. The van der Waals surface area contributed by atoms with Gasteiger partial charge in [0, 0.05) is 16.7 Å². The summed E-state index contributed by atoms with van der Waals surface area (Å²) in [7, 11) is 0. The Morgan fingerprint density at radius 1 is 1.44 bits per heavy atom. The Morgan fingerprint density at radius 3 is 2.81 bits per heavy atom. The van der Waals surface area contributed by atoms with E-state index in [1.807, 2.05) is 6.92 Å². The SMILES string of the molecule is CC1CCN(C(=O)Cn2cc([N+](=O)[O-])cn2)c2cc(C(F)(F)F)ccc2S1. The van der Waals surface area contributed by atoms with Crippen molar-refractivity contribution in [1.29, 1.82) is 0 Å². The summed E-state index contributed by atoms with van der Waals surface area (Å²) in [5.41, 5.74) is -0.891. The van der Waals surface area contributed by atoms with Crippen molar-refractivity contribution in [2.24, 2.45) is 0 Å². The maximum absolute atomic E-state index is 13.1. The molecule has 1 aliphatic rings. The van der Waals surface area contributed by atoms with Crippen LogP contribution < -0.4 is 4.90 Å². The number of carbonyl (C=O) groups excluding carboxylic acids is 1. The van der Waals surface area contributed by atoms with Gasteiger partial charge in [-0.25, -0.2) is 0 Å². The molecule has 1 amide bonds. The zero-order valence-electron chi connectivity index (χ0n) is 14.1. The lowest BCUT2D eigenvalue weighted by atomic mass is 10.1. The summed E-state index contributed by atoms with van der Waals surface area (Å²) in [6.45, 7) is 1.89. The van der Waals surface area contributed by atoms with Crippen LogP contribution in [0.3, 0.4) is 0 Å². The van der Waals surface area contributed by atoms with Crippen LogP contribution in [0.15, 0.2) is 35.5 Å². The number of aromatic nitrogens is 2. The van der Waals surface area contributed by atoms with Gasteiger partial charge in [0.1, 0.15) is 18.9 Å². The second-order valence-electron chi connectivity index (χ2n) is 6.10. The largest absolute Gasteiger partial charge is 0.416 e. The van der Waals surface area contributed by atoms with Gasteiger partial charge in [0.2, 0.25) is 5.91 Å². The van der Waals surface area contributed by atoms with Crippen molar-refractivity contribution >= 4 is 29.0 Å². The molecule has 0 saturated carbocycles. The van der Waals surface area contributed by atoms with Gasteiger partial charge in [0.05, 0.1) is 16.2 Å². The molecule has 0 saturated heterocycles. The smallest absolute Gasteiger partial charge is 0.310 e. The molecule has 2 heterocycles. The molecular weight excluding hydrogens is 385 g/mol. The Balaban J connectivity index is 1.92. The number of anilines is 1. The molecule has 2 aromatic rings. The highest BCUT2D eigenvalue weighted by Gasteiger charge is 2.33. The molecular formula is C16H15F3N4O3S. The van der Waals surface area contributed by atoms with Crippen molar-refractivity contribution in [3.63, 3.8) is 0 Å². The molecule has 3 rings (SSSR count). The third-order valence-electron chi connectivity index (χ3n) is 4.09. The summed E-state index contributed by atoms with van der Waals surface area (Å²) in [5.74, 6) is -0.483. The Labute approximate surface area is 156 Å². The molecule has 1 atom stereocenters. The predicted octanol–water partition coefficient (Wildman–Crippen LogP) is 3.73. The standard InChI is InChI=1S/C16H15F3N4O3S/c1-10-4-5-22(15(24)9-21-8-12(7-20-21)23(25)26)13-6-11(16(17,18)19)2-3-14(13)27-10/h2-3,6-8,10H,4-5,9H2,1H3. The zero-order valence-corrected chi connectivity index (χ0v) is 15.0. The molecule has 0 bridgehead atoms.